The van der Waals surface area contributed by atoms with Gasteiger partial charge in [0.05, 0.1) is 11.4 Å². The first-order chi connectivity index (χ1) is 15.0. The number of carboxylic acids is 1. The van der Waals surface area contributed by atoms with Gasteiger partial charge in [-0.2, -0.15) is 10.2 Å². The Morgan fingerprint density at radius 1 is 1.00 bits per heavy atom. The molecule has 8 nitrogen and oxygen atoms in total. The highest BCUT2D eigenvalue weighted by atomic mass is 16.4. The van der Waals surface area contributed by atoms with E-state index >= 15 is 0 Å². The van der Waals surface area contributed by atoms with E-state index < -0.39 is 12.0 Å². The van der Waals surface area contributed by atoms with Gasteiger partial charge in [0.2, 0.25) is 0 Å². The van der Waals surface area contributed by atoms with Crippen molar-refractivity contribution in [1.82, 2.24) is 24.9 Å². The fraction of sp³-hybridized carbons (Fsp3) is 0.130. The second-order valence-electron chi connectivity index (χ2n) is 7.03. The first-order valence-electron chi connectivity index (χ1n) is 9.78. The summed E-state index contributed by atoms with van der Waals surface area (Å²) in [7, 11) is 0. The van der Waals surface area contributed by atoms with E-state index in [2.05, 4.69) is 10.4 Å². The average Bonchev–Trinajstić information content (AvgIpc) is 3.46. The highest BCUT2D eigenvalue weighted by Gasteiger charge is 2.18. The van der Waals surface area contributed by atoms with Crippen molar-refractivity contribution in [2.45, 2.75) is 19.5 Å². The Labute approximate surface area is 178 Å². The molecular formula is C23H21N5O3. The van der Waals surface area contributed by atoms with Crippen LogP contribution in [0.25, 0.3) is 16.9 Å². The number of nitrogens with zero attached hydrogens (tertiary/aromatic N) is 4. The van der Waals surface area contributed by atoms with Gasteiger partial charge in [0.25, 0.3) is 5.91 Å². The van der Waals surface area contributed by atoms with Gasteiger partial charge in [-0.3, -0.25) is 9.48 Å². The van der Waals surface area contributed by atoms with Crippen LogP contribution in [0.15, 0.2) is 79.1 Å². The Morgan fingerprint density at radius 3 is 2.35 bits per heavy atom. The molecule has 0 spiro atoms. The number of amides is 1. The van der Waals surface area contributed by atoms with Crippen LogP contribution in [0.2, 0.25) is 0 Å². The van der Waals surface area contributed by atoms with E-state index in [0.717, 1.165) is 22.5 Å². The Morgan fingerprint density at radius 2 is 1.68 bits per heavy atom. The molecule has 8 heteroatoms. The van der Waals surface area contributed by atoms with Crippen LogP contribution in [0.3, 0.4) is 0 Å². The Hall–Kier alpha value is -4.20. The SMILES string of the molecule is CC(C(=O)O)n1ccc(C(=O)NCc2cn(-c3ccccc3)nc2-c2ccccc2)n1. The molecule has 2 aromatic carbocycles. The first-order valence-corrected chi connectivity index (χ1v) is 9.78. The summed E-state index contributed by atoms with van der Waals surface area (Å²) in [6, 6.07) is 20.1. The minimum Gasteiger partial charge on any atom is -0.480 e. The molecule has 2 N–H and O–H groups in total. The van der Waals surface area contributed by atoms with E-state index in [9.17, 15) is 9.59 Å². The highest BCUT2D eigenvalue weighted by Crippen LogP contribution is 2.23. The summed E-state index contributed by atoms with van der Waals surface area (Å²) in [5.41, 5.74) is 3.64. The largest absolute Gasteiger partial charge is 0.480 e. The van der Waals surface area contributed by atoms with Gasteiger partial charge in [0.1, 0.15) is 11.7 Å². The zero-order chi connectivity index (χ0) is 21.8. The summed E-state index contributed by atoms with van der Waals surface area (Å²) in [5, 5.41) is 20.8. The van der Waals surface area contributed by atoms with E-state index in [1.807, 2.05) is 66.9 Å². The number of carboxylic acid groups (broad SMARTS) is 1. The minimum absolute atomic E-state index is 0.157. The number of nitrogens with one attached hydrogen (secondary N) is 1. The normalized spacial score (nSPS) is 11.8. The van der Waals surface area contributed by atoms with Crippen molar-refractivity contribution in [2.75, 3.05) is 0 Å². The maximum absolute atomic E-state index is 12.6. The first kappa shape index (κ1) is 20.1. The lowest BCUT2D eigenvalue weighted by molar-refractivity contribution is -0.140. The van der Waals surface area contributed by atoms with Crippen LogP contribution >= 0.6 is 0 Å². The predicted molar refractivity (Wildman–Crippen MR) is 115 cm³/mol. The Kier molecular flexibility index (Phi) is 5.61. The fourth-order valence-corrected chi connectivity index (χ4v) is 3.15. The van der Waals surface area contributed by atoms with Crippen molar-refractivity contribution in [1.29, 1.82) is 0 Å². The molecular weight excluding hydrogens is 394 g/mol. The molecule has 1 amide bonds. The number of rotatable bonds is 7. The Balaban J connectivity index is 1.57. The number of para-hydroxylation sites is 1. The number of carbonyl (C=O) groups excluding carboxylic acids is 1. The molecule has 2 aromatic heterocycles. The molecule has 0 aliphatic rings. The molecule has 1 atom stereocenters. The van der Waals surface area contributed by atoms with E-state index in [4.69, 9.17) is 10.2 Å². The third-order valence-corrected chi connectivity index (χ3v) is 4.89. The molecule has 0 radical (unpaired) electrons. The van der Waals surface area contributed by atoms with Gasteiger partial charge in [-0.05, 0) is 25.1 Å². The standard InChI is InChI=1S/C23H21N5O3/c1-16(23(30)31)27-13-12-20(25-27)22(29)24-14-18-15-28(19-10-6-3-7-11-19)26-21(18)17-8-4-2-5-9-17/h2-13,15-16H,14H2,1H3,(H,24,29)(H,30,31). The van der Waals surface area contributed by atoms with Crippen LogP contribution in [0.1, 0.15) is 29.0 Å². The zero-order valence-electron chi connectivity index (χ0n) is 16.8. The van der Waals surface area contributed by atoms with Crippen molar-refractivity contribution < 1.29 is 14.7 Å². The lowest BCUT2D eigenvalue weighted by atomic mass is 10.1. The molecule has 0 saturated carbocycles. The van der Waals surface area contributed by atoms with Crippen LogP contribution < -0.4 is 5.32 Å². The van der Waals surface area contributed by atoms with E-state index in [-0.39, 0.29) is 18.1 Å². The van der Waals surface area contributed by atoms with Crippen molar-refractivity contribution >= 4 is 11.9 Å². The second-order valence-corrected chi connectivity index (χ2v) is 7.03. The van der Waals surface area contributed by atoms with E-state index in [1.165, 1.54) is 23.9 Å². The average molecular weight is 415 g/mol. The minimum atomic E-state index is -1.02. The molecule has 0 bridgehead atoms. The van der Waals surface area contributed by atoms with E-state index in [0.29, 0.717) is 0 Å². The molecule has 4 aromatic rings. The van der Waals surface area contributed by atoms with Crippen molar-refractivity contribution in [3.05, 3.63) is 90.4 Å². The fourth-order valence-electron chi connectivity index (χ4n) is 3.15. The number of benzene rings is 2. The van der Waals surface area contributed by atoms with Gasteiger partial charge in [-0.15, -0.1) is 0 Å². The number of hydrogen-bond donors (Lipinski definition) is 2. The van der Waals surface area contributed by atoms with E-state index in [1.54, 1.807) is 4.68 Å². The monoisotopic (exact) mass is 415 g/mol. The summed E-state index contributed by atoms with van der Waals surface area (Å²) in [6.45, 7) is 1.75. The molecule has 31 heavy (non-hydrogen) atoms. The van der Waals surface area contributed by atoms with Crippen LogP contribution in [-0.4, -0.2) is 36.5 Å². The predicted octanol–water partition coefficient (Wildman–Crippen LogP) is 3.31. The van der Waals surface area contributed by atoms with Gasteiger partial charge < -0.3 is 10.4 Å². The number of aromatic nitrogens is 4. The van der Waals surface area contributed by atoms with Gasteiger partial charge in [-0.1, -0.05) is 48.5 Å². The number of hydrogen-bond acceptors (Lipinski definition) is 4. The van der Waals surface area contributed by atoms with Gasteiger partial charge >= 0.3 is 5.97 Å². The maximum Gasteiger partial charge on any atom is 0.328 e. The molecule has 1 unspecified atom stereocenters. The molecule has 0 saturated heterocycles. The lowest BCUT2D eigenvalue weighted by Crippen LogP contribution is -2.24. The molecule has 0 aliphatic heterocycles. The second kappa shape index (κ2) is 8.66. The highest BCUT2D eigenvalue weighted by molar-refractivity contribution is 5.92. The third kappa shape index (κ3) is 4.37. The number of aliphatic carboxylic acids is 1. The van der Waals surface area contributed by atoms with Gasteiger partial charge in [-0.25, -0.2) is 9.48 Å². The van der Waals surface area contributed by atoms with Crippen LogP contribution in [0.4, 0.5) is 0 Å². The van der Waals surface area contributed by atoms with Gasteiger partial charge in [0.15, 0.2) is 0 Å². The van der Waals surface area contributed by atoms with Crippen LogP contribution in [0, 0.1) is 0 Å². The summed E-state index contributed by atoms with van der Waals surface area (Å²) in [4.78, 5) is 23.7. The van der Waals surface area contributed by atoms with Crippen molar-refractivity contribution in [3.8, 4) is 16.9 Å². The smallest absolute Gasteiger partial charge is 0.328 e. The summed E-state index contributed by atoms with van der Waals surface area (Å²) in [5.74, 6) is -1.40. The van der Waals surface area contributed by atoms with Crippen molar-refractivity contribution in [3.63, 3.8) is 0 Å². The zero-order valence-corrected chi connectivity index (χ0v) is 16.8. The topological polar surface area (TPSA) is 102 Å². The van der Waals surface area contributed by atoms with Crippen LogP contribution in [0.5, 0.6) is 0 Å². The lowest BCUT2D eigenvalue weighted by Gasteiger charge is -2.06. The maximum atomic E-state index is 12.6. The molecule has 0 aliphatic carbocycles. The molecule has 4 rings (SSSR count). The van der Waals surface area contributed by atoms with Gasteiger partial charge in [0, 0.05) is 30.1 Å². The molecule has 0 fully saturated rings. The van der Waals surface area contributed by atoms with Crippen molar-refractivity contribution in [2.24, 2.45) is 0 Å². The van der Waals surface area contributed by atoms with Crippen LogP contribution in [-0.2, 0) is 11.3 Å². The molecule has 2 heterocycles. The number of carbonyl (C=O) groups is 2. The molecule has 156 valence electrons. The summed E-state index contributed by atoms with van der Waals surface area (Å²) in [6.07, 6.45) is 3.37. The third-order valence-electron chi connectivity index (χ3n) is 4.89. The quantitative estimate of drug-likeness (QED) is 0.482. The summed E-state index contributed by atoms with van der Waals surface area (Å²) < 4.78 is 3.03. The summed E-state index contributed by atoms with van der Waals surface area (Å²) >= 11 is 0. The Bertz CT molecular complexity index is 1200.